The normalized spacial score (nSPS) is 11.3. The number of anilines is 1. The van der Waals surface area contributed by atoms with Gasteiger partial charge in [-0.1, -0.05) is 41.5 Å². The zero-order valence-corrected chi connectivity index (χ0v) is 15.0. The molecule has 0 fully saturated rings. The molecule has 6 nitrogen and oxygen atoms in total. The number of carbonyl (C=O) groups excluding carboxylic acids is 1. The predicted molar refractivity (Wildman–Crippen MR) is 89.9 cm³/mol. The van der Waals surface area contributed by atoms with Crippen molar-refractivity contribution in [3.63, 3.8) is 0 Å². The lowest BCUT2D eigenvalue weighted by molar-refractivity contribution is -0.134. The molecule has 0 saturated heterocycles. The summed E-state index contributed by atoms with van der Waals surface area (Å²) in [6.45, 7) is 1.85. The average molecular weight is 395 g/mol. The van der Waals surface area contributed by atoms with Gasteiger partial charge in [0, 0.05) is 11.4 Å². The second-order valence-corrected chi connectivity index (χ2v) is 7.88. The lowest BCUT2D eigenvalue weighted by Crippen LogP contribution is -2.13. The predicted octanol–water partition coefficient (Wildman–Crippen LogP) is 3.96. The maximum absolute atomic E-state index is 12.3. The van der Waals surface area contributed by atoms with Gasteiger partial charge in [0.1, 0.15) is 4.90 Å². The number of nitrogens with zero attached hydrogens (tertiary/aromatic N) is 1. The SMILES string of the molecule is CCCC(=O)Oc1cnc(NS(=O)(=O)c2cc(Cl)ccc2Cl)s1. The van der Waals surface area contributed by atoms with E-state index in [1.807, 2.05) is 6.92 Å². The van der Waals surface area contributed by atoms with Crippen LogP contribution in [0.4, 0.5) is 5.13 Å². The molecule has 1 aromatic carbocycles. The van der Waals surface area contributed by atoms with Crippen molar-refractivity contribution in [1.82, 2.24) is 4.98 Å². The Morgan fingerprint density at radius 3 is 2.83 bits per heavy atom. The summed E-state index contributed by atoms with van der Waals surface area (Å²) in [7, 11) is -3.95. The Hall–Kier alpha value is -1.35. The number of ether oxygens (including phenoxy) is 1. The van der Waals surface area contributed by atoms with Gasteiger partial charge in [-0.25, -0.2) is 13.4 Å². The molecule has 2 rings (SSSR count). The van der Waals surface area contributed by atoms with Crippen LogP contribution in [0.2, 0.25) is 10.0 Å². The summed E-state index contributed by atoms with van der Waals surface area (Å²) in [4.78, 5) is 15.1. The van der Waals surface area contributed by atoms with Crippen molar-refractivity contribution >= 4 is 55.7 Å². The van der Waals surface area contributed by atoms with E-state index in [1.54, 1.807) is 0 Å². The first-order valence-electron chi connectivity index (χ1n) is 6.46. The van der Waals surface area contributed by atoms with Crippen molar-refractivity contribution in [1.29, 1.82) is 0 Å². The largest absolute Gasteiger partial charge is 0.414 e. The number of aromatic nitrogens is 1. The number of thiazole rings is 1. The van der Waals surface area contributed by atoms with E-state index in [2.05, 4.69) is 9.71 Å². The Kier molecular flexibility index (Phi) is 5.85. The first-order chi connectivity index (χ1) is 10.8. The van der Waals surface area contributed by atoms with Crippen LogP contribution in [-0.4, -0.2) is 19.4 Å². The van der Waals surface area contributed by atoms with E-state index in [1.165, 1.54) is 24.4 Å². The van der Waals surface area contributed by atoms with Gasteiger partial charge in [-0.2, -0.15) is 0 Å². The van der Waals surface area contributed by atoms with E-state index in [0.717, 1.165) is 11.3 Å². The molecule has 1 N–H and O–H groups in total. The van der Waals surface area contributed by atoms with Crippen LogP contribution in [0.25, 0.3) is 0 Å². The summed E-state index contributed by atoms with van der Waals surface area (Å²) in [6.07, 6.45) is 2.21. The number of hydrogen-bond donors (Lipinski definition) is 1. The summed E-state index contributed by atoms with van der Waals surface area (Å²) < 4.78 is 31.9. The highest BCUT2D eigenvalue weighted by molar-refractivity contribution is 7.93. The Morgan fingerprint density at radius 1 is 1.39 bits per heavy atom. The molecular formula is C13H12Cl2N2O4S2. The maximum Gasteiger partial charge on any atom is 0.312 e. The molecule has 0 aliphatic heterocycles. The number of hydrogen-bond acceptors (Lipinski definition) is 6. The van der Waals surface area contributed by atoms with E-state index in [-0.39, 0.29) is 31.6 Å². The molecule has 0 radical (unpaired) electrons. The molecule has 2 aromatic rings. The minimum Gasteiger partial charge on any atom is -0.414 e. The molecule has 0 unspecified atom stereocenters. The number of rotatable bonds is 6. The van der Waals surface area contributed by atoms with Crippen molar-refractivity contribution in [2.75, 3.05) is 4.72 Å². The fourth-order valence-corrected chi connectivity index (χ4v) is 4.26. The Balaban J connectivity index is 2.17. The third-order valence-corrected chi connectivity index (χ3v) is 5.53. The van der Waals surface area contributed by atoms with E-state index in [0.29, 0.717) is 6.42 Å². The van der Waals surface area contributed by atoms with E-state index in [9.17, 15) is 13.2 Å². The summed E-state index contributed by atoms with van der Waals surface area (Å²) in [5, 5.41) is 0.537. The van der Waals surface area contributed by atoms with Crippen LogP contribution in [0.1, 0.15) is 19.8 Å². The molecule has 0 aliphatic rings. The van der Waals surface area contributed by atoms with Gasteiger partial charge in [0.05, 0.1) is 11.2 Å². The van der Waals surface area contributed by atoms with Gasteiger partial charge in [0.25, 0.3) is 10.0 Å². The standard InChI is InChI=1S/C13H12Cl2N2O4S2/c1-2-3-11(18)21-12-7-16-13(22-12)17-23(19,20)10-6-8(14)4-5-9(10)15/h4-7H,2-3H2,1H3,(H,16,17). The average Bonchev–Trinajstić information content (AvgIpc) is 2.88. The highest BCUT2D eigenvalue weighted by Gasteiger charge is 2.20. The smallest absolute Gasteiger partial charge is 0.312 e. The van der Waals surface area contributed by atoms with Crippen molar-refractivity contribution < 1.29 is 17.9 Å². The minimum atomic E-state index is -3.95. The van der Waals surface area contributed by atoms with Gasteiger partial charge >= 0.3 is 5.97 Å². The van der Waals surface area contributed by atoms with Gasteiger partial charge in [-0.15, -0.1) is 0 Å². The molecule has 0 amide bonds. The summed E-state index contributed by atoms with van der Waals surface area (Å²) >= 11 is 12.6. The van der Waals surface area contributed by atoms with Crippen molar-refractivity contribution in [3.8, 4) is 5.06 Å². The Labute approximate surface area is 147 Å². The van der Waals surface area contributed by atoms with E-state index in [4.69, 9.17) is 27.9 Å². The second kappa shape index (κ2) is 7.48. The highest BCUT2D eigenvalue weighted by atomic mass is 35.5. The molecular weight excluding hydrogens is 383 g/mol. The topological polar surface area (TPSA) is 85.4 Å². The molecule has 23 heavy (non-hydrogen) atoms. The molecule has 0 bridgehead atoms. The molecule has 1 aromatic heterocycles. The lowest BCUT2D eigenvalue weighted by Gasteiger charge is -2.07. The van der Waals surface area contributed by atoms with Crippen molar-refractivity contribution in [2.45, 2.75) is 24.7 Å². The van der Waals surface area contributed by atoms with Crippen molar-refractivity contribution in [2.24, 2.45) is 0 Å². The van der Waals surface area contributed by atoms with Crippen LogP contribution >= 0.6 is 34.5 Å². The summed E-state index contributed by atoms with van der Waals surface area (Å²) in [5.74, 6) is -0.400. The van der Waals surface area contributed by atoms with Crippen LogP contribution in [0.5, 0.6) is 5.06 Å². The fourth-order valence-electron chi connectivity index (χ4n) is 1.57. The molecule has 0 atom stereocenters. The number of halogens is 2. The van der Waals surface area contributed by atoms with Crippen LogP contribution in [-0.2, 0) is 14.8 Å². The molecule has 1 heterocycles. The van der Waals surface area contributed by atoms with Crippen LogP contribution < -0.4 is 9.46 Å². The number of esters is 1. The van der Waals surface area contributed by atoms with Crippen LogP contribution in [0.15, 0.2) is 29.3 Å². The molecule has 0 aliphatic carbocycles. The first-order valence-corrected chi connectivity index (χ1v) is 9.51. The number of benzene rings is 1. The Morgan fingerprint density at radius 2 is 2.13 bits per heavy atom. The first kappa shape index (κ1) is 18.0. The monoisotopic (exact) mass is 394 g/mol. The molecule has 0 saturated carbocycles. The van der Waals surface area contributed by atoms with Gasteiger partial charge in [-0.3, -0.25) is 9.52 Å². The second-order valence-electron chi connectivity index (χ2n) is 4.39. The van der Waals surface area contributed by atoms with Crippen LogP contribution in [0.3, 0.4) is 0 Å². The zero-order valence-electron chi connectivity index (χ0n) is 11.9. The zero-order chi connectivity index (χ0) is 17.0. The fraction of sp³-hybridized carbons (Fsp3) is 0.231. The van der Waals surface area contributed by atoms with Gasteiger partial charge in [0.2, 0.25) is 5.06 Å². The quantitative estimate of drug-likeness (QED) is 0.749. The van der Waals surface area contributed by atoms with E-state index < -0.39 is 16.0 Å². The minimum absolute atomic E-state index is 0.0352. The third-order valence-electron chi connectivity index (χ3n) is 2.56. The number of carbonyl (C=O) groups is 1. The molecule has 0 spiro atoms. The van der Waals surface area contributed by atoms with Gasteiger partial charge < -0.3 is 4.74 Å². The van der Waals surface area contributed by atoms with Crippen LogP contribution in [0, 0.1) is 0 Å². The maximum atomic E-state index is 12.3. The Bertz CT molecular complexity index is 821. The number of nitrogens with one attached hydrogen (secondary N) is 1. The van der Waals surface area contributed by atoms with E-state index >= 15 is 0 Å². The third kappa shape index (κ3) is 4.81. The lowest BCUT2D eigenvalue weighted by atomic mass is 10.3. The van der Waals surface area contributed by atoms with Gasteiger partial charge in [0.15, 0.2) is 5.13 Å². The van der Waals surface area contributed by atoms with Gasteiger partial charge in [-0.05, 0) is 24.6 Å². The highest BCUT2D eigenvalue weighted by Crippen LogP contribution is 2.30. The summed E-state index contributed by atoms with van der Waals surface area (Å²) in [6, 6.07) is 4.11. The summed E-state index contributed by atoms with van der Waals surface area (Å²) in [5.41, 5.74) is 0. The molecule has 124 valence electrons. The number of sulfonamides is 1. The molecule has 10 heteroatoms. The van der Waals surface area contributed by atoms with Crippen molar-refractivity contribution in [3.05, 3.63) is 34.4 Å².